The molecular weight excluding hydrogens is 418 g/mol. The first kappa shape index (κ1) is 21.2. The Morgan fingerprint density at radius 2 is 1.94 bits per heavy atom. The molecule has 0 spiro atoms. The normalized spacial score (nSPS) is 26.9. The summed E-state index contributed by atoms with van der Waals surface area (Å²) in [6, 6.07) is 6.36. The van der Waals surface area contributed by atoms with Crippen LogP contribution in [-0.4, -0.2) is 18.2 Å². The highest BCUT2D eigenvalue weighted by Crippen LogP contribution is 2.46. The van der Waals surface area contributed by atoms with E-state index in [9.17, 15) is 5.11 Å². The molecule has 172 valence electrons. The minimum Gasteiger partial charge on any atom is -0.507 e. The first-order valence-corrected chi connectivity index (χ1v) is 12.5. The van der Waals surface area contributed by atoms with Crippen LogP contribution in [0.5, 0.6) is 5.75 Å². The molecule has 3 heteroatoms. The van der Waals surface area contributed by atoms with Gasteiger partial charge in [-0.2, -0.15) is 0 Å². The molecule has 4 atom stereocenters. The van der Waals surface area contributed by atoms with E-state index in [0.29, 0.717) is 5.75 Å². The highest BCUT2D eigenvalue weighted by molar-refractivity contribution is 5.80. The highest BCUT2D eigenvalue weighted by atomic mass is 16.3. The van der Waals surface area contributed by atoms with Crippen LogP contribution >= 0.6 is 0 Å². The minimum absolute atomic E-state index is 0.206. The molecule has 4 aliphatic carbocycles. The second-order valence-electron chi connectivity index (χ2n) is 9.69. The van der Waals surface area contributed by atoms with E-state index in [1.54, 1.807) is 0 Å². The van der Waals surface area contributed by atoms with Crippen LogP contribution in [0.4, 0.5) is 0 Å². The maximum atomic E-state index is 11.3. The number of phenolic OH excluding ortho intramolecular Hbond substituents is 1. The van der Waals surface area contributed by atoms with Gasteiger partial charge in [-0.1, -0.05) is 79.0 Å². The Bertz CT molecular complexity index is 1280. The van der Waals surface area contributed by atoms with Crippen LogP contribution in [0.3, 0.4) is 0 Å². The summed E-state index contributed by atoms with van der Waals surface area (Å²) in [5.74, 6) is 3.23. The van der Waals surface area contributed by atoms with Crippen LogP contribution in [0.2, 0.25) is 0 Å². The van der Waals surface area contributed by atoms with Crippen LogP contribution in [0.1, 0.15) is 64.9 Å². The quantitative estimate of drug-likeness (QED) is 0.533. The van der Waals surface area contributed by atoms with Gasteiger partial charge in [-0.3, -0.25) is 0 Å². The Morgan fingerprint density at radius 1 is 1.00 bits per heavy atom. The summed E-state index contributed by atoms with van der Waals surface area (Å²) >= 11 is 0. The van der Waals surface area contributed by atoms with E-state index in [0.717, 1.165) is 53.9 Å². The third-order valence-electron chi connectivity index (χ3n) is 7.75. The van der Waals surface area contributed by atoms with Gasteiger partial charge in [-0.05, 0) is 50.3 Å². The van der Waals surface area contributed by atoms with Gasteiger partial charge in [0, 0.05) is 40.1 Å². The zero-order chi connectivity index (χ0) is 23.1. The molecule has 4 unspecified atom stereocenters. The van der Waals surface area contributed by atoms with Gasteiger partial charge in [0.1, 0.15) is 17.3 Å². The Balaban J connectivity index is 1.38. The summed E-state index contributed by atoms with van der Waals surface area (Å²) in [6.07, 6.45) is 28.1. The van der Waals surface area contributed by atoms with Crippen molar-refractivity contribution in [1.29, 1.82) is 0 Å². The fourth-order valence-electron chi connectivity index (χ4n) is 6.02. The second kappa shape index (κ2) is 8.81. The molecule has 0 saturated heterocycles. The van der Waals surface area contributed by atoms with Crippen molar-refractivity contribution in [3.05, 3.63) is 107 Å². The van der Waals surface area contributed by atoms with Crippen LogP contribution in [0.15, 0.2) is 77.3 Å². The number of rotatable bonds is 4. The van der Waals surface area contributed by atoms with Crippen LogP contribution in [0.25, 0.3) is 17.7 Å². The Kier molecular flexibility index (Phi) is 5.50. The molecule has 3 nitrogen and oxygen atoms in total. The van der Waals surface area contributed by atoms with Crippen molar-refractivity contribution < 1.29 is 9.52 Å². The van der Waals surface area contributed by atoms with E-state index in [-0.39, 0.29) is 23.8 Å². The van der Waals surface area contributed by atoms with Crippen LogP contribution < -0.4 is 5.32 Å². The summed E-state index contributed by atoms with van der Waals surface area (Å²) in [5, 5.41) is 14.8. The van der Waals surface area contributed by atoms with E-state index in [2.05, 4.69) is 78.2 Å². The predicted molar refractivity (Wildman–Crippen MR) is 140 cm³/mol. The number of likely N-dealkylation sites (N-methyl/N-ethyl adjacent to an activating group) is 1. The molecule has 6 rings (SSSR count). The number of aromatic hydroxyl groups is 1. The van der Waals surface area contributed by atoms with E-state index in [1.807, 2.05) is 19.2 Å². The molecule has 0 bridgehead atoms. The molecule has 1 aromatic carbocycles. The van der Waals surface area contributed by atoms with Crippen molar-refractivity contribution in [2.75, 3.05) is 7.05 Å². The Morgan fingerprint density at radius 3 is 2.79 bits per heavy atom. The summed E-state index contributed by atoms with van der Waals surface area (Å²) in [6.45, 7) is 0. The lowest BCUT2D eigenvalue weighted by molar-refractivity contribution is 0.352. The van der Waals surface area contributed by atoms with Crippen LogP contribution in [0, 0.1) is 5.92 Å². The molecule has 0 aliphatic heterocycles. The molecule has 0 radical (unpaired) electrons. The molecule has 1 aromatic heterocycles. The average molecular weight is 450 g/mol. The molecule has 0 amide bonds. The van der Waals surface area contributed by atoms with Crippen molar-refractivity contribution in [2.45, 2.75) is 43.6 Å². The first-order valence-electron chi connectivity index (χ1n) is 12.5. The zero-order valence-electron chi connectivity index (χ0n) is 19.6. The Labute approximate surface area is 201 Å². The number of furan rings is 1. The lowest BCUT2D eigenvalue weighted by atomic mass is 9.74. The standard InChI is InChI=1S/C31H31NO2/c1-32-27-18-17-26-25-13-5-6-16-28(25)34-31(26)29(27)22-12-7-11-21(19-22)24-15-8-14-23(30(24)33)20-9-3-2-4-10-20/h2-4,6-9,11,14-20,22,27,29,32-33H,5,10,12-13H2,1H3. The van der Waals surface area contributed by atoms with E-state index >= 15 is 0 Å². The van der Waals surface area contributed by atoms with Gasteiger partial charge in [0.25, 0.3) is 0 Å². The number of benzene rings is 1. The average Bonchev–Trinajstić information content (AvgIpc) is 3.27. The number of fused-ring (bicyclic) bond motifs is 3. The molecule has 2 N–H and O–H groups in total. The molecule has 1 heterocycles. The van der Waals surface area contributed by atoms with Gasteiger partial charge >= 0.3 is 0 Å². The number of phenols is 1. The fourth-order valence-corrected chi connectivity index (χ4v) is 6.02. The largest absolute Gasteiger partial charge is 0.507 e. The zero-order valence-corrected chi connectivity index (χ0v) is 19.6. The predicted octanol–water partition coefficient (Wildman–Crippen LogP) is 6.90. The number of hydrogen-bond donors (Lipinski definition) is 2. The fraction of sp³-hybridized carbons (Fsp3) is 0.290. The molecule has 0 fully saturated rings. The van der Waals surface area contributed by atoms with Crippen molar-refractivity contribution >= 4 is 17.7 Å². The van der Waals surface area contributed by atoms with Crippen molar-refractivity contribution in [2.24, 2.45) is 5.92 Å². The molecule has 0 saturated carbocycles. The van der Waals surface area contributed by atoms with Gasteiger partial charge in [0.2, 0.25) is 0 Å². The van der Waals surface area contributed by atoms with E-state index in [1.165, 1.54) is 11.1 Å². The van der Waals surface area contributed by atoms with E-state index < -0.39 is 0 Å². The topological polar surface area (TPSA) is 45.4 Å². The minimum atomic E-state index is 0.206. The monoisotopic (exact) mass is 449 g/mol. The van der Waals surface area contributed by atoms with Gasteiger partial charge in [0.15, 0.2) is 0 Å². The number of para-hydroxylation sites is 1. The summed E-state index contributed by atoms with van der Waals surface area (Å²) < 4.78 is 6.49. The van der Waals surface area contributed by atoms with Crippen molar-refractivity contribution in [1.82, 2.24) is 5.32 Å². The smallest absolute Gasteiger partial charge is 0.130 e. The first-order chi connectivity index (χ1) is 16.7. The third-order valence-corrected chi connectivity index (χ3v) is 7.75. The maximum Gasteiger partial charge on any atom is 0.130 e. The summed E-state index contributed by atoms with van der Waals surface area (Å²) in [5.41, 5.74) is 5.63. The number of allylic oxidation sites excluding steroid dienone is 9. The van der Waals surface area contributed by atoms with Crippen molar-refractivity contribution in [3.63, 3.8) is 0 Å². The lowest BCUT2D eigenvalue weighted by Gasteiger charge is -2.33. The van der Waals surface area contributed by atoms with Crippen LogP contribution in [-0.2, 0) is 6.42 Å². The lowest BCUT2D eigenvalue weighted by Crippen LogP contribution is -2.36. The van der Waals surface area contributed by atoms with Gasteiger partial charge < -0.3 is 14.8 Å². The number of nitrogens with one attached hydrogen (secondary N) is 1. The third kappa shape index (κ3) is 3.56. The van der Waals surface area contributed by atoms with E-state index in [4.69, 9.17) is 4.42 Å². The Hall–Kier alpha value is -3.30. The SMILES string of the molecule is CNC1C=Cc2c(oc3c2CCC=C3)C1C1C=C(c2cccc(C3C=CC=CC3)c2O)C=CC1. The molecule has 34 heavy (non-hydrogen) atoms. The second-order valence-corrected chi connectivity index (χ2v) is 9.69. The molecule has 4 aliphatic rings. The van der Waals surface area contributed by atoms with Crippen molar-refractivity contribution in [3.8, 4) is 5.75 Å². The molecular formula is C31H31NO2. The molecule has 2 aromatic rings. The van der Waals surface area contributed by atoms with Gasteiger partial charge in [0.05, 0.1) is 0 Å². The maximum absolute atomic E-state index is 11.3. The summed E-state index contributed by atoms with van der Waals surface area (Å²) in [4.78, 5) is 0. The number of hydrogen-bond acceptors (Lipinski definition) is 3. The van der Waals surface area contributed by atoms with Gasteiger partial charge in [-0.15, -0.1) is 0 Å². The highest BCUT2D eigenvalue weighted by Gasteiger charge is 2.37. The summed E-state index contributed by atoms with van der Waals surface area (Å²) in [7, 11) is 2.03. The van der Waals surface area contributed by atoms with Gasteiger partial charge in [-0.25, -0.2) is 0 Å².